The van der Waals surface area contributed by atoms with Gasteiger partial charge in [-0.1, -0.05) is 0 Å². The van der Waals surface area contributed by atoms with Crippen LogP contribution in [0.2, 0.25) is 0 Å². The molecule has 0 amide bonds. The van der Waals surface area contributed by atoms with Crippen molar-refractivity contribution >= 4 is 17.2 Å². The number of ketones is 1. The molecule has 5 nitrogen and oxygen atoms in total. The minimum atomic E-state index is -1.43. The zero-order valence-electron chi connectivity index (χ0n) is 15.0. The third-order valence-corrected chi connectivity index (χ3v) is 4.65. The van der Waals surface area contributed by atoms with Crippen molar-refractivity contribution in [2.45, 2.75) is 12.0 Å². The van der Waals surface area contributed by atoms with E-state index in [1.165, 1.54) is 44.6 Å². The van der Waals surface area contributed by atoms with E-state index in [-0.39, 0.29) is 11.3 Å². The molecule has 7 heteroatoms. The summed E-state index contributed by atoms with van der Waals surface area (Å²) in [5.41, 5.74) is 1.29. The molecule has 1 atom stereocenters. The summed E-state index contributed by atoms with van der Waals surface area (Å²) in [5.74, 6) is -2.68. The van der Waals surface area contributed by atoms with E-state index in [9.17, 15) is 13.6 Å². The summed E-state index contributed by atoms with van der Waals surface area (Å²) in [6.07, 6.45) is 0. The number of ether oxygens (including phenoxy) is 2. The third kappa shape index (κ3) is 2.68. The SMILES string of the molecule is COC(OC)(C1C(=O)c2cc(F)ccc2N1c1ccc(F)cc1)N(C)C. The van der Waals surface area contributed by atoms with Crippen molar-refractivity contribution in [1.82, 2.24) is 4.90 Å². The van der Waals surface area contributed by atoms with Crippen LogP contribution in [0.15, 0.2) is 42.5 Å². The molecule has 0 radical (unpaired) electrons. The third-order valence-electron chi connectivity index (χ3n) is 4.65. The summed E-state index contributed by atoms with van der Waals surface area (Å²) < 4.78 is 38.4. The zero-order chi connectivity index (χ0) is 19.1. The topological polar surface area (TPSA) is 42.0 Å². The van der Waals surface area contributed by atoms with Crippen molar-refractivity contribution in [2.75, 3.05) is 33.2 Å². The van der Waals surface area contributed by atoms with Crippen LogP contribution in [0.25, 0.3) is 0 Å². The van der Waals surface area contributed by atoms with Crippen molar-refractivity contribution in [3.8, 4) is 0 Å². The summed E-state index contributed by atoms with van der Waals surface area (Å²) in [7, 11) is 6.30. The van der Waals surface area contributed by atoms with Crippen molar-refractivity contribution in [3.05, 3.63) is 59.7 Å². The fourth-order valence-corrected chi connectivity index (χ4v) is 3.45. The second-order valence-electron chi connectivity index (χ2n) is 6.21. The van der Waals surface area contributed by atoms with Gasteiger partial charge in [0, 0.05) is 25.5 Å². The van der Waals surface area contributed by atoms with Crippen LogP contribution in [0.3, 0.4) is 0 Å². The van der Waals surface area contributed by atoms with Crippen LogP contribution >= 0.6 is 0 Å². The van der Waals surface area contributed by atoms with E-state index < -0.39 is 23.6 Å². The molecule has 0 aliphatic carbocycles. The molecule has 0 bridgehead atoms. The Kier molecular flexibility index (Phi) is 4.79. The van der Waals surface area contributed by atoms with E-state index in [1.807, 2.05) is 0 Å². The van der Waals surface area contributed by atoms with Gasteiger partial charge in [-0.05, 0) is 56.6 Å². The lowest BCUT2D eigenvalue weighted by Gasteiger charge is -2.44. The number of rotatable bonds is 5. The predicted molar refractivity (Wildman–Crippen MR) is 93.5 cm³/mol. The highest BCUT2D eigenvalue weighted by Crippen LogP contribution is 2.43. The molecule has 138 valence electrons. The van der Waals surface area contributed by atoms with Crippen LogP contribution in [-0.4, -0.2) is 51.0 Å². The van der Waals surface area contributed by atoms with E-state index in [0.717, 1.165) is 0 Å². The Morgan fingerprint density at radius 3 is 2.12 bits per heavy atom. The normalized spacial score (nSPS) is 17.1. The highest BCUT2D eigenvalue weighted by atomic mass is 19.1. The Morgan fingerprint density at radius 2 is 1.58 bits per heavy atom. The number of anilines is 2. The molecule has 0 N–H and O–H groups in total. The van der Waals surface area contributed by atoms with Gasteiger partial charge in [0.1, 0.15) is 11.6 Å². The van der Waals surface area contributed by atoms with Crippen molar-refractivity contribution in [2.24, 2.45) is 0 Å². The fourth-order valence-electron chi connectivity index (χ4n) is 3.45. The molecule has 26 heavy (non-hydrogen) atoms. The van der Waals surface area contributed by atoms with Crippen LogP contribution in [0.1, 0.15) is 10.4 Å². The Morgan fingerprint density at radius 1 is 1.00 bits per heavy atom. The summed E-state index contributed by atoms with van der Waals surface area (Å²) in [4.78, 5) is 16.5. The second-order valence-corrected chi connectivity index (χ2v) is 6.21. The lowest BCUT2D eigenvalue weighted by molar-refractivity contribution is -0.285. The Hall–Kier alpha value is -2.35. The summed E-state index contributed by atoms with van der Waals surface area (Å²) in [6, 6.07) is 8.76. The van der Waals surface area contributed by atoms with E-state index in [4.69, 9.17) is 9.47 Å². The predicted octanol–water partition coefficient (Wildman–Crippen LogP) is 3.18. The highest BCUT2D eigenvalue weighted by molar-refractivity contribution is 6.13. The maximum absolute atomic E-state index is 13.8. The first-order valence-electron chi connectivity index (χ1n) is 8.02. The second kappa shape index (κ2) is 6.75. The molecule has 0 saturated carbocycles. The number of fused-ring (bicyclic) bond motifs is 1. The van der Waals surface area contributed by atoms with Crippen LogP contribution in [0.4, 0.5) is 20.2 Å². The fraction of sp³-hybridized carbons (Fsp3) is 0.316. The summed E-state index contributed by atoms with van der Waals surface area (Å²) >= 11 is 0. The molecule has 0 aromatic heterocycles. The van der Waals surface area contributed by atoms with Gasteiger partial charge >= 0.3 is 0 Å². The van der Waals surface area contributed by atoms with Crippen molar-refractivity contribution in [3.63, 3.8) is 0 Å². The standard InChI is InChI=1S/C19H20F2N2O3/c1-22(2)19(25-3,26-4)18-17(24)15-11-13(21)7-10-16(15)23(18)14-8-5-12(20)6-9-14/h5-11,18H,1-4H3. The molecule has 3 rings (SSSR count). The van der Waals surface area contributed by atoms with Gasteiger partial charge in [-0.2, -0.15) is 0 Å². The average molecular weight is 362 g/mol. The minimum Gasteiger partial charge on any atom is -0.339 e. The van der Waals surface area contributed by atoms with E-state index >= 15 is 0 Å². The van der Waals surface area contributed by atoms with Crippen LogP contribution in [0, 0.1) is 11.6 Å². The van der Waals surface area contributed by atoms with E-state index in [1.54, 1.807) is 36.0 Å². The van der Waals surface area contributed by atoms with Gasteiger partial charge in [0.15, 0.2) is 11.8 Å². The molecule has 0 spiro atoms. The van der Waals surface area contributed by atoms with Crippen molar-refractivity contribution < 1.29 is 23.0 Å². The number of benzene rings is 2. The maximum Gasteiger partial charge on any atom is 0.258 e. The molecule has 2 aromatic rings. The number of nitrogens with zero attached hydrogens (tertiary/aromatic N) is 2. The summed E-state index contributed by atoms with van der Waals surface area (Å²) in [5, 5.41) is 0. The summed E-state index contributed by atoms with van der Waals surface area (Å²) in [6.45, 7) is 0. The van der Waals surface area contributed by atoms with Crippen molar-refractivity contribution in [1.29, 1.82) is 0 Å². The number of hydrogen-bond donors (Lipinski definition) is 0. The van der Waals surface area contributed by atoms with E-state index in [0.29, 0.717) is 11.4 Å². The molecule has 2 aromatic carbocycles. The first kappa shape index (κ1) is 18.4. The first-order chi connectivity index (χ1) is 12.4. The lowest BCUT2D eigenvalue weighted by atomic mass is 10.0. The molecule has 0 saturated heterocycles. The van der Waals surface area contributed by atoms with Gasteiger partial charge in [0.2, 0.25) is 0 Å². The van der Waals surface area contributed by atoms with Gasteiger partial charge in [0.25, 0.3) is 5.91 Å². The molecule has 1 aliphatic rings. The average Bonchev–Trinajstić information content (AvgIpc) is 2.90. The maximum atomic E-state index is 13.8. The molecule has 1 heterocycles. The van der Waals surface area contributed by atoms with Crippen LogP contribution < -0.4 is 4.90 Å². The highest BCUT2D eigenvalue weighted by Gasteiger charge is 2.54. The number of halogens is 2. The van der Waals surface area contributed by atoms with Gasteiger partial charge in [-0.25, -0.2) is 8.78 Å². The largest absolute Gasteiger partial charge is 0.339 e. The Labute approximate surface area is 150 Å². The zero-order valence-corrected chi connectivity index (χ0v) is 15.0. The lowest BCUT2D eigenvalue weighted by Crippen LogP contribution is -2.63. The molecule has 0 fully saturated rings. The molecular formula is C19H20F2N2O3. The quantitative estimate of drug-likeness (QED) is 0.765. The van der Waals surface area contributed by atoms with Crippen LogP contribution in [-0.2, 0) is 9.47 Å². The van der Waals surface area contributed by atoms with Gasteiger partial charge in [-0.15, -0.1) is 0 Å². The molecule has 1 aliphatic heterocycles. The number of carbonyl (C=O) groups excluding carboxylic acids is 1. The first-order valence-corrected chi connectivity index (χ1v) is 8.02. The molecule has 1 unspecified atom stereocenters. The monoisotopic (exact) mass is 362 g/mol. The minimum absolute atomic E-state index is 0.222. The van der Waals surface area contributed by atoms with E-state index in [2.05, 4.69) is 0 Å². The van der Waals surface area contributed by atoms with Gasteiger partial charge in [-0.3, -0.25) is 9.69 Å². The Bertz CT molecular complexity index is 820. The number of carbonyl (C=O) groups is 1. The number of methoxy groups -OCH3 is 2. The Balaban J connectivity index is 2.24. The number of Topliss-reactive ketones (excluding diaryl/α,β-unsaturated/α-hetero) is 1. The number of hydrogen-bond acceptors (Lipinski definition) is 5. The molecular weight excluding hydrogens is 342 g/mol. The smallest absolute Gasteiger partial charge is 0.258 e. The number of likely N-dealkylation sites (N-methyl/N-ethyl adjacent to an activating group) is 1. The van der Waals surface area contributed by atoms with Gasteiger partial charge < -0.3 is 14.4 Å². The van der Waals surface area contributed by atoms with Crippen LogP contribution in [0.5, 0.6) is 0 Å². The van der Waals surface area contributed by atoms with Gasteiger partial charge in [0.05, 0.1) is 5.69 Å².